The van der Waals surface area contributed by atoms with Gasteiger partial charge < -0.3 is 15.0 Å². The van der Waals surface area contributed by atoms with Gasteiger partial charge in [-0.1, -0.05) is 6.07 Å². The molecule has 1 fully saturated rings. The molecule has 2 amide bonds. The Kier molecular flexibility index (Phi) is 4.76. The van der Waals surface area contributed by atoms with E-state index < -0.39 is 0 Å². The molecule has 0 spiro atoms. The van der Waals surface area contributed by atoms with Gasteiger partial charge in [0.25, 0.3) is 0 Å². The molecule has 0 radical (unpaired) electrons. The van der Waals surface area contributed by atoms with E-state index in [4.69, 9.17) is 4.74 Å². The number of amides is 2. The van der Waals surface area contributed by atoms with Gasteiger partial charge in [0.2, 0.25) is 0 Å². The number of nitrogens with zero attached hydrogens (tertiary/aromatic N) is 4. The van der Waals surface area contributed by atoms with E-state index in [1.54, 1.807) is 11.1 Å². The number of hydrogen-bond acceptors (Lipinski definition) is 4. The number of carbonyl (C=O) groups excluding carboxylic acids is 1. The Balaban J connectivity index is 1.58. The summed E-state index contributed by atoms with van der Waals surface area (Å²) < 4.78 is 7.45. The molecule has 1 aliphatic heterocycles. The van der Waals surface area contributed by atoms with E-state index in [0.29, 0.717) is 26.2 Å². The lowest BCUT2D eigenvalue weighted by Gasteiger charge is -2.38. The summed E-state index contributed by atoms with van der Waals surface area (Å²) in [6.07, 6.45) is 1.77. The number of aromatic nitrogens is 3. The monoisotopic (exact) mass is 343 g/mol. The van der Waals surface area contributed by atoms with Crippen molar-refractivity contribution >= 4 is 6.03 Å². The van der Waals surface area contributed by atoms with Crippen molar-refractivity contribution in [3.05, 3.63) is 41.3 Å². The molecule has 3 rings (SSSR count). The van der Waals surface area contributed by atoms with Crippen molar-refractivity contribution in [2.45, 2.75) is 39.8 Å². The van der Waals surface area contributed by atoms with Crippen molar-refractivity contribution in [1.82, 2.24) is 25.0 Å². The van der Waals surface area contributed by atoms with Gasteiger partial charge in [-0.2, -0.15) is 5.10 Å². The van der Waals surface area contributed by atoms with E-state index in [1.807, 2.05) is 50.6 Å². The topological polar surface area (TPSA) is 72.3 Å². The van der Waals surface area contributed by atoms with Crippen molar-refractivity contribution in [2.75, 3.05) is 19.7 Å². The summed E-state index contributed by atoms with van der Waals surface area (Å²) >= 11 is 0. The maximum Gasteiger partial charge on any atom is 0.317 e. The largest absolute Gasteiger partial charge is 0.372 e. The molecule has 0 bridgehead atoms. The van der Waals surface area contributed by atoms with Crippen LogP contribution in [0.1, 0.15) is 30.8 Å². The molecule has 0 atom stereocenters. The zero-order valence-electron chi connectivity index (χ0n) is 15.2. The number of carbonyl (C=O) groups is 1. The predicted octanol–water partition coefficient (Wildman–Crippen LogP) is 2.20. The van der Waals surface area contributed by atoms with Crippen molar-refractivity contribution in [2.24, 2.45) is 0 Å². The highest BCUT2D eigenvalue weighted by Crippen LogP contribution is 2.16. The third-order valence-corrected chi connectivity index (χ3v) is 4.19. The number of morpholine rings is 1. The molecule has 0 aliphatic carbocycles. The molecule has 1 aliphatic rings. The Labute approximate surface area is 148 Å². The summed E-state index contributed by atoms with van der Waals surface area (Å²) in [7, 11) is 0. The van der Waals surface area contributed by atoms with Crippen LogP contribution in [0.4, 0.5) is 4.79 Å². The van der Waals surface area contributed by atoms with Gasteiger partial charge in [0.05, 0.1) is 24.4 Å². The number of ether oxygens (including phenoxy) is 1. The molecular weight excluding hydrogens is 318 g/mol. The summed E-state index contributed by atoms with van der Waals surface area (Å²) in [5.74, 6) is 0.774. The third kappa shape index (κ3) is 4.17. The van der Waals surface area contributed by atoms with Gasteiger partial charge in [0.1, 0.15) is 0 Å². The molecule has 2 aromatic heterocycles. The fraction of sp³-hybridized carbons (Fsp3) is 0.500. The Morgan fingerprint density at radius 3 is 2.76 bits per heavy atom. The van der Waals surface area contributed by atoms with Crippen LogP contribution >= 0.6 is 0 Å². The van der Waals surface area contributed by atoms with Crippen LogP contribution in [0.5, 0.6) is 0 Å². The highest BCUT2D eigenvalue weighted by Gasteiger charge is 2.29. The van der Waals surface area contributed by atoms with Gasteiger partial charge >= 0.3 is 6.03 Å². The molecule has 7 nitrogen and oxygen atoms in total. The predicted molar refractivity (Wildman–Crippen MR) is 94.7 cm³/mol. The van der Waals surface area contributed by atoms with Crippen LogP contribution in [0.15, 0.2) is 24.4 Å². The first-order chi connectivity index (χ1) is 11.8. The van der Waals surface area contributed by atoms with E-state index in [-0.39, 0.29) is 11.6 Å². The molecule has 134 valence electrons. The lowest BCUT2D eigenvalue weighted by atomic mass is 10.1. The zero-order valence-corrected chi connectivity index (χ0v) is 15.2. The highest BCUT2D eigenvalue weighted by atomic mass is 16.5. The van der Waals surface area contributed by atoms with Gasteiger partial charge in [0, 0.05) is 25.0 Å². The van der Waals surface area contributed by atoms with Crippen LogP contribution in [0, 0.1) is 13.8 Å². The minimum Gasteiger partial charge on any atom is -0.372 e. The second kappa shape index (κ2) is 6.84. The first-order valence-corrected chi connectivity index (χ1v) is 8.49. The maximum absolute atomic E-state index is 12.3. The molecule has 0 unspecified atom stereocenters. The minimum absolute atomic E-state index is 0.0704. The highest BCUT2D eigenvalue weighted by molar-refractivity contribution is 5.74. The minimum atomic E-state index is -0.293. The SMILES string of the molecule is Cc1cc(C)n(-c2ccc(CNC(=O)N3CCOC(C)(C)C3)cn2)n1. The van der Waals surface area contributed by atoms with Crippen LogP contribution in [0.2, 0.25) is 0 Å². The normalized spacial score (nSPS) is 16.7. The van der Waals surface area contributed by atoms with Crippen LogP contribution in [-0.4, -0.2) is 51.0 Å². The Bertz CT molecular complexity index is 751. The number of hydrogen-bond donors (Lipinski definition) is 1. The lowest BCUT2D eigenvalue weighted by molar-refractivity contribution is -0.0733. The number of aryl methyl sites for hydroxylation is 2. The fourth-order valence-electron chi connectivity index (χ4n) is 2.99. The van der Waals surface area contributed by atoms with Crippen LogP contribution < -0.4 is 5.32 Å². The smallest absolute Gasteiger partial charge is 0.317 e. The van der Waals surface area contributed by atoms with Gasteiger partial charge in [0.15, 0.2) is 5.82 Å². The maximum atomic E-state index is 12.3. The number of pyridine rings is 1. The summed E-state index contributed by atoms with van der Waals surface area (Å²) in [6.45, 7) is 10.2. The average molecular weight is 343 g/mol. The lowest BCUT2D eigenvalue weighted by Crippen LogP contribution is -2.53. The van der Waals surface area contributed by atoms with E-state index in [1.165, 1.54) is 0 Å². The molecule has 2 aromatic rings. The first-order valence-electron chi connectivity index (χ1n) is 8.49. The van der Waals surface area contributed by atoms with Crippen LogP contribution in [-0.2, 0) is 11.3 Å². The molecule has 1 saturated heterocycles. The van der Waals surface area contributed by atoms with E-state index in [2.05, 4.69) is 15.4 Å². The summed E-state index contributed by atoms with van der Waals surface area (Å²) in [4.78, 5) is 18.6. The summed E-state index contributed by atoms with van der Waals surface area (Å²) in [5, 5.41) is 7.38. The average Bonchev–Trinajstić information content (AvgIpc) is 2.90. The molecule has 7 heteroatoms. The van der Waals surface area contributed by atoms with Crippen molar-refractivity contribution in [1.29, 1.82) is 0 Å². The number of nitrogens with one attached hydrogen (secondary N) is 1. The molecule has 1 N–H and O–H groups in total. The Hall–Kier alpha value is -2.41. The van der Waals surface area contributed by atoms with Gasteiger partial charge in [-0.25, -0.2) is 14.5 Å². The quantitative estimate of drug-likeness (QED) is 0.927. The molecule has 0 aromatic carbocycles. The van der Waals surface area contributed by atoms with Crippen molar-refractivity contribution < 1.29 is 9.53 Å². The van der Waals surface area contributed by atoms with Crippen molar-refractivity contribution in [3.63, 3.8) is 0 Å². The second-order valence-corrected chi connectivity index (χ2v) is 7.05. The van der Waals surface area contributed by atoms with Gasteiger partial charge in [-0.15, -0.1) is 0 Å². The van der Waals surface area contributed by atoms with Crippen LogP contribution in [0.3, 0.4) is 0 Å². The molecular formula is C18H25N5O2. The summed E-state index contributed by atoms with van der Waals surface area (Å²) in [5.41, 5.74) is 2.66. The Morgan fingerprint density at radius 2 is 2.16 bits per heavy atom. The van der Waals surface area contributed by atoms with Crippen molar-refractivity contribution in [3.8, 4) is 5.82 Å². The van der Waals surface area contributed by atoms with E-state index in [0.717, 1.165) is 22.8 Å². The van der Waals surface area contributed by atoms with E-state index >= 15 is 0 Å². The number of rotatable bonds is 3. The fourth-order valence-corrected chi connectivity index (χ4v) is 2.99. The van der Waals surface area contributed by atoms with Crippen LogP contribution in [0.25, 0.3) is 5.82 Å². The first kappa shape index (κ1) is 17.4. The molecule has 3 heterocycles. The summed E-state index contributed by atoms with van der Waals surface area (Å²) in [6, 6.07) is 5.82. The third-order valence-electron chi connectivity index (χ3n) is 4.19. The van der Waals surface area contributed by atoms with Gasteiger partial charge in [-0.05, 0) is 45.4 Å². The number of urea groups is 1. The zero-order chi connectivity index (χ0) is 18.0. The molecule has 25 heavy (non-hydrogen) atoms. The Morgan fingerprint density at radius 1 is 1.36 bits per heavy atom. The van der Waals surface area contributed by atoms with E-state index in [9.17, 15) is 4.79 Å². The molecule has 0 saturated carbocycles. The van der Waals surface area contributed by atoms with Gasteiger partial charge in [-0.3, -0.25) is 0 Å². The standard InChI is InChI=1S/C18H25N5O2/c1-13-9-14(2)23(21-13)16-6-5-15(10-19-16)11-20-17(24)22-7-8-25-18(3,4)12-22/h5-6,9-10H,7-8,11-12H2,1-4H3,(H,20,24). The second-order valence-electron chi connectivity index (χ2n) is 7.05.